The van der Waals surface area contributed by atoms with Crippen LogP contribution < -0.4 is 16.0 Å². The summed E-state index contributed by atoms with van der Waals surface area (Å²) in [6, 6.07) is 15.2. The molecule has 2 aromatic carbocycles. The van der Waals surface area contributed by atoms with Gasteiger partial charge in [-0.15, -0.1) is 0 Å². The Kier molecular flexibility index (Phi) is 6.65. The van der Waals surface area contributed by atoms with Crippen LogP contribution in [0.15, 0.2) is 54.6 Å². The van der Waals surface area contributed by atoms with Crippen molar-refractivity contribution in [1.82, 2.24) is 5.32 Å². The van der Waals surface area contributed by atoms with Crippen LogP contribution in [0.2, 0.25) is 0 Å². The zero-order valence-corrected chi connectivity index (χ0v) is 16.8. The first-order chi connectivity index (χ1) is 14.0. The first-order valence-electron chi connectivity index (χ1n) is 10.1. The van der Waals surface area contributed by atoms with E-state index in [0.717, 1.165) is 19.3 Å². The molecule has 0 bridgehead atoms. The Morgan fingerprint density at radius 1 is 0.931 bits per heavy atom. The Morgan fingerprint density at radius 3 is 2.07 bits per heavy atom. The minimum absolute atomic E-state index is 0.0280. The molecular formula is C23H27N3O3. The fraction of sp³-hybridized carbons (Fsp3) is 0.348. The molecular weight excluding hydrogens is 366 g/mol. The molecule has 0 aromatic heterocycles. The van der Waals surface area contributed by atoms with Crippen molar-refractivity contribution in [2.24, 2.45) is 11.8 Å². The maximum atomic E-state index is 12.8. The van der Waals surface area contributed by atoms with Crippen molar-refractivity contribution < 1.29 is 14.4 Å². The summed E-state index contributed by atoms with van der Waals surface area (Å²) >= 11 is 0. The topological polar surface area (TPSA) is 87.3 Å². The average molecular weight is 393 g/mol. The third-order valence-corrected chi connectivity index (χ3v) is 5.19. The highest BCUT2D eigenvalue weighted by Gasteiger charge is 2.29. The maximum absolute atomic E-state index is 12.8. The van der Waals surface area contributed by atoms with Crippen LogP contribution in [0.5, 0.6) is 0 Å². The molecule has 0 radical (unpaired) electrons. The maximum Gasteiger partial charge on any atom is 0.251 e. The first-order valence-corrected chi connectivity index (χ1v) is 10.1. The Hall–Kier alpha value is -3.15. The monoisotopic (exact) mass is 393 g/mol. The Bertz CT molecular complexity index is 861. The van der Waals surface area contributed by atoms with Gasteiger partial charge in [0.05, 0.1) is 0 Å². The zero-order valence-electron chi connectivity index (χ0n) is 16.8. The Balaban J connectivity index is 1.63. The van der Waals surface area contributed by atoms with Crippen molar-refractivity contribution >= 4 is 29.1 Å². The van der Waals surface area contributed by atoms with Crippen molar-refractivity contribution in [2.75, 3.05) is 10.6 Å². The second kappa shape index (κ2) is 9.37. The van der Waals surface area contributed by atoms with E-state index in [1.807, 2.05) is 19.9 Å². The molecule has 3 N–H and O–H groups in total. The van der Waals surface area contributed by atoms with Crippen LogP contribution in [0, 0.1) is 11.8 Å². The lowest BCUT2D eigenvalue weighted by Crippen LogP contribution is -2.47. The highest BCUT2D eigenvalue weighted by atomic mass is 16.2. The van der Waals surface area contributed by atoms with Gasteiger partial charge in [0, 0.05) is 22.9 Å². The molecule has 2 atom stereocenters. The summed E-state index contributed by atoms with van der Waals surface area (Å²) in [6.45, 7) is 3.92. The summed E-state index contributed by atoms with van der Waals surface area (Å²) in [5.74, 6) is -0.386. The van der Waals surface area contributed by atoms with E-state index >= 15 is 0 Å². The smallest absolute Gasteiger partial charge is 0.251 e. The largest absolute Gasteiger partial charge is 0.340 e. The predicted molar refractivity (Wildman–Crippen MR) is 114 cm³/mol. The SMILES string of the molecule is CC[C@@H](C)[C@@H](NC(=O)c1ccccc1)C(=O)Nc1ccc(NC(=O)C2CC2)cc1. The summed E-state index contributed by atoms with van der Waals surface area (Å²) < 4.78 is 0. The van der Waals surface area contributed by atoms with Crippen molar-refractivity contribution in [3.63, 3.8) is 0 Å². The van der Waals surface area contributed by atoms with E-state index in [2.05, 4.69) is 16.0 Å². The molecule has 0 saturated heterocycles. The van der Waals surface area contributed by atoms with Gasteiger partial charge in [0.25, 0.3) is 5.91 Å². The highest BCUT2D eigenvalue weighted by molar-refractivity contribution is 6.01. The van der Waals surface area contributed by atoms with E-state index in [0.29, 0.717) is 16.9 Å². The van der Waals surface area contributed by atoms with E-state index < -0.39 is 6.04 Å². The van der Waals surface area contributed by atoms with E-state index in [1.165, 1.54) is 0 Å². The van der Waals surface area contributed by atoms with Crippen LogP contribution in [-0.4, -0.2) is 23.8 Å². The molecule has 6 heteroatoms. The molecule has 1 saturated carbocycles. The Labute approximate surface area is 171 Å². The third-order valence-electron chi connectivity index (χ3n) is 5.19. The van der Waals surface area contributed by atoms with Gasteiger partial charge in [0.2, 0.25) is 11.8 Å². The lowest BCUT2D eigenvalue weighted by molar-refractivity contribution is -0.119. The fourth-order valence-electron chi connectivity index (χ4n) is 2.96. The van der Waals surface area contributed by atoms with E-state index in [1.54, 1.807) is 48.5 Å². The van der Waals surface area contributed by atoms with Crippen LogP contribution >= 0.6 is 0 Å². The van der Waals surface area contributed by atoms with Gasteiger partial charge in [-0.05, 0) is 55.2 Å². The van der Waals surface area contributed by atoms with Gasteiger partial charge >= 0.3 is 0 Å². The molecule has 0 aliphatic heterocycles. The van der Waals surface area contributed by atoms with E-state index in [-0.39, 0.29) is 29.6 Å². The number of rotatable bonds is 8. The summed E-state index contributed by atoms with van der Waals surface area (Å²) in [5.41, 5.74) is 1.83. The van der Waals surface area contributed by atoms with Crippen molar-refractivity contribution in [3.05, 3.63) is 60.2 Å². The van der Waals surface area contributed by atoms with Crippen molar-refractivity contribution in [1.29, 1.82) is 0 Å². The number of carbonyl (C=O) groups is 3. The number of carbonyl (C=O) groups excluding carboxylic acids is 3. The Morgan fingerprint density at radius 2 is 1.52 bits per heavy atom. The molecule has 2 aromatic rings. The number of anilines is 2. The van der Waals surface area contributed by atoms with E-state index in [9.17, 15) is 14.4 Å². The van der Waals surface area contributed by atoms with Crippen LogP contribution in [-0.2, 0) is 9.59 Å². The summed E-state index contributed by atoms with van der Waals surface area (Å²) in [7, 11) is 0. The van der Waals surface area contributed by atoms with Gasteiger partial charge in [0.15, 0.2) is 0 Å². The minimum atomic E-state index is -0.651. The summed E-state index contributed by atoms with van der Waals surface area (Å²) in [6.07, 6.45) is 2.65. The molecule has 0 spiro atoms. The third kappa shape index (κ3) is 5.67. The number of amides is 3. The lowest BCUT2D eigenvalue weighted by atomic mass is 9.97. The molecule has 1 fully saturated rings. The normalized spacial score (nSPS) is 15.1. The molecule has 152 valence electrons. The second-order valence-corrected chi connectivity index (χ2v) is 7.53. The highest BCUT2D eigenvalue weighted by Crippen LogP contribution is 2.30. The quantitative estimate of drug-likeness (QED) is 0.637. The van der Waals surface area contributed by atoms with Crippen LogP contribution in [0.3, 0.4) is 0 Å². The van der Waals surface area contributed by atoms with Crippen LogP contribution in [0.1, 0.15) is 43.5 Å². The van der Waals surface area contributed by atoms with Crippen LogP contribution in [0.25, 0.3) is 0 Å². The number of nitrogens with one attached hydrogen (secondary N) is 3. The van der Waals surface area contributed by atoms with Gasteiger partial charge in [-0.3, -0.25) is 14.4 Å². The predicted octanol–water partition coefficient (Wildman–Crippen LogP) is 3.82. The van der Waals surface area contributed by atoms with E-state index in [4.69, 9.17) is 0 Å². The van der Waals surface area contributed by atoms with Gasteiger partial charge in [-0.2, -0.15) is 0 Å². The standard InChI is InChI=1S/C23H27N3O3/c1-3-15(2)20(26-22(28)16-7-5-4-6-8-16)23(29)25-19-13-11-18(12-14-19)24-21(27)17-9-10-17/h4-8,11-15,17,20H,3,9-10H2,1-2H3,(H,24,27)(H,25,29)(H,26,28)/t15-,20-/m1/s1. The van der Waals surface area contributed by atoms with Crippen molar-refractivity contribution in [3.8, 4) is 0 Å². The van der Waals surface area contributed by atoms with Gasteiger partial charge in [0.1, 0.15) is 6.04 Å². The average Bonchev–Trinajstić information content (AvgIpc) is 3.58. The molecule has 3 amide bonds. The first kappa shape index (κ1) is 20.6. The second-order valence-electron chi connectivity index (χ2n) is 7.53. The number of benzene rings is 2. The zero-order chi connectivity index (χ0) is 20.8. The van der Waals surface area contributed by atoms with Crippen molar-refractivity contribution in [2.45, 2.75) is 39.2 Å². The van der Waals surface area contributed by atoms with Crippen LogP contribution in [0.4, 0.5) is 11.4 Å². The lowest BCUT2D eigenvalue weighted by Gasteiger charge is -2.23. The number of hydrogen-bond donors (Lipinski definition) is 3. The molecule has 1 aliphatic carbocycles. The molecule has 1 aliphatic rings. The fourth-order valence-corrected chi connectivity index (χ4v) is 2.96. The molecule has 0 heterocycles. The van der Waals surface area contributed by atoms with Gasteiger partial charge in [-0.25, -0.2) is 0 Å². The molecule has 0 unspecified atom stereocenters. The summed E-state index contributed by atoms with van der Waals surface area (Å²) in [5, 5.41) is 8.59. The van der Waals surface area contributed by atoms with Gasteiger partial charge < -0.3 is 16.0 Å². The summed E-state index contributed by atoms with van der Waals surface area (Å²) in [4.78, 5) is 37.2. The molecule has 3 rings (SSSR count). The minimum Gasteiger partial charge on any atom is -0.340 e. The van der Waals surface area contributed by atoms with Gasteiger partial charge in [-0.1, -0.05) is 38.5 Å². The number of hydrogen-bond acceptors (Lipinski definition) is 3. The molecule has 29 heavy (non-hydrogen) atoms. The molecule has 6 nitrogen and oxygen atoms in total.